The van der Waals surface area contributed by atoms with Crippen LogP contribution in [0.25, 0.3) is 0 Å². The van der Waals surface area contributed by atoms with Crippen LogP contribution in [0.1, 0.15) is 24.0 Å². The minimum atomic E-state index is 0. The van der Waals surface area contributed by atoms with E-state index < -0.39 is 0 Å². The predicted molar refractivity (Wildman–Crippen MR) is 151 cm³/mol. The molecule has 0 atom stereocenters. The van der Waals surface area contributed by atoms with Gasteiger partial charge in [0.2, 0.25) is 11.9 Å². The zero-order valence-corrected chi connectivity index (χ0v) is 29.5. The summed E-state index contributed by atoms with van der Waals surface area (Å²) >= 11 is 0. The Morgan fingerprint density at radius 3 is 1.30 bits per heavy atom. The van der Waals surface area contributed by atoms with Gasteiger partial charge in [-0.1, -0.05) is 0 Å². The molecule has 6 heterocycles. The molecule has 0 bridgehead atoms. The SMILES string of the molecule is [CH2-]N1CCN(c2nc3c(c(=O)[nH]2)CCCN3C)CC1.[CH2-]N1CCN(c2nc3c(c(=O)[nH]2)CCCN3C)CC1.[Y].[Y]. The Labute approximate surface area is 287 Å². The van der Waals surface area contributed by atoms with Crippen LogP contribution in [0.3, 0.4) is 0 Å². The second-order valence-electron chi connectivity index (χ2n) is 10.6. The Morgan fingerprint density at radius 2 is 0.950 bits per heavy atom. The van der Waals surface area contributed by atoms with Crippen LogP contribution in [0.2, 0.25) is 0 Å². The molecule has 2 saturated heterocycles. The summed E-state index contributed by atoms with van der Waals surface area (Å²) in [6.07, 6.45) is 3.70. The first-order valence-corrected chi connectivity index (χ1v) is 13.6. The van der Waals surface area contributed by atoms with Crippen LogP contribution in [0, 0.1) is 14.1 Å². The van der Waals surface area contributed by atoms with Crippen LogP contribution in [0.5, 0.6) is 0 Å². The maximum absolute atomic E-state index is 12.2. The summed E-state index contributed by atoms with van der Waals surface area (Å²) in [4.78, 5) is 52.0. The molecule has 0 saturated carbocycles. The average molecular weight is 702 g/mol. The molecule has 4 aliphatic rings. The Kier molecular flexibility index (Phi) is 12.6. The number of hydrogen-bond acceptors (Lipinski definition) is 10. The summed E-state index contributed by atoms with van der Waals surface area (Å²) in [6, 6.07) is 0. The molecule has 2 N–H and O–H groups in total. The molecule has 12 nitrogen and oxygen atoms in total. The first-order valence-electron chi connectivity index (χ1n) is 13.6. The fourth-order valence-corrected chi connectivity index (χ4v) is 5.45. The molecule has 0 unspecified atom stereocenters. The Morgan fingerprint density at radius 1 is 0.600 bits per heavy atom. The first kappa shape index (κ1) is 33.6. The van der Waals surface area contributed by atoms with Crippen LogP contribution in [-0.4, -0.2) is 109 Å². The number of anilines is 4. The van der Waals surface area contributed by atoms with Crippen LogP contribution in [0.15, 0.2) is 9.59 Å². The van der Waals surface area contributed by atoms with E-state index in [-0.39, 0.29) is 76.5 Å². The van der Waals surface area contributed by atoms with E-state index in [0.717, 1.165) is 114 Å². The fraction of sp³-hybridized carbons (Fsp3) is 0.615. The van der Waals surface area contributed by atoms with E-state index >= 15 is 0 Å². The predicted octanol–water partition coefficient (Wildman–Crippen LogP) is 0.127. The topological polar surface area (TPSA) is 111 Å². The van der Waals surface area contributed by atoms with Gasteiger partial charge in [-0.05, 0) is 51.9 Å². The minimum Gasteiger partial charge on any atom is -0.456 e. The third-order valence-corrected chi connectivity index (χ3v) is 7.87. The van der Waals surface area contributed by atoms with Gasteiger partial charge in [0.25, 0.3) is 11.1 Å². The minimum absolute atomic E-state index is 0. The van der Waals surface area contributed by atoms with Crippen molar-refractivity contribution >= 4 is 23.5 Å². The van der Waals surface area contributed by atoms with Crippen LogP contribution in [-0.2, 0) is 78.3 Å². The van der Waals surface area contributed by atoms with E-state index in [1.165, 1.54) is 0 Å². The van der Waals surface area contributed by atoms with Gasteiger partial charge in [0.15, 0.2) is 0 Å². The molecule has 2 aromatic rings. The second kappa shape index (κ2) is 15.0. The molecule has 6 rings (SSSR count). The van der Waals surface area contributed by atoms with Gasteiger partial charge in [-0.25, -0.2) is 0 Å². The van der Waals surface area contributed by atoms with Crippen molar-refractivity contribution in [2.45, 2.75) is 25.7 Å². The molecule has 0 spiro atoms. The fourth-order valence-electron chi connectivity index (χ4n) is 5.45. The van der Waals surface area contributed by atoms with Crippen molar-refractivity contribution in [2.75, 3.05) is 99.1 Å². The molecule has 0 amide bonds. The monoisotopic (exact) mass is 702 g/mol. The summed E-state index contributed by atoms with van der Waals surface area (Å²) in [7, 11) is 11.9. The molecule has 40 heavy (non-hydrogen) atoms. The van der Waals surface area contributed by atoms with E-state index in [4.69, 9.17) is 0 Å². The van der Waals surface area contributed by atoms with Crippen LogP contribution < -0.4 is 30.7 Å². The second-order valence-corrected chi connectivity index (χ2v) is 10.6. The maximum Gasteiger partial charge on any atom is 0.257 e. The number of nitrogens with one attached hydrogen (secondary N) is 2. The van der Waals surface area contributed by atoms with E-state index in [0.29, 0.717) is 11.9 Å². The van der Waals surface area contributed by atoms with Gasteiger partial charge in [0.1, 0.15) is 11.6 Å². The van der Waals surface area contributed by atoms with Crippen molar-refractivity contribution in [3.63, 3.8) is 0 Å². The number of rotatable bonds is 2. The van der Waals surface area contributed by atoms with Crippen molar-refractivity contribution in [3.05, 3.63) is 45.9 Å². The Bertz CT molecular complexity index is 1140. The van der Waals surface area contributed by atoms with Crippen molar-refractivity contribution in [1.82, 2.24) is 29.7 Å². The third-order valence-electron chi connectivity index (χ3n) is 7.87. The summed E-state index contributed by atoms with van der Waals surface area (Å²) in [5, 5.41) is 0. The van der Waals surface area contributed by atoms with Gasteiger partial charge in [0, 0.05) is 119 Å². The third kappa shape index (κ3) is 7.72. The zero-order chi connectivity index (χ0) is 26.8. The molecule has 0 aromatic carbocycles. The van der Waals surface area contributed by atoms with E-state index in [9.17, 15) is 9.59 Å². The largest absolute Gasteiger partial charge is 0.456 e. The number of piperazine rings is 2. The van der Waals surface area contributed by atoms with Crippen LogP contribution in [0.4, 0.5) is 23.5 Å². The molecule has 2 radical (unpaired) electrons. The Balaban J connectivity index is 0.000000210. The van der Waals surface area contributed by atoms with Crippen molar-refractivity contribution in [1.29, 1.82) is 0 Å². The molecule has 0 aliphatic carbocycles. The number of hydrogen-bond donors (Lipinski definition) is 2. The normalized spacial score (nSPS) is 19.5. The van der Waals surface area contributed by atoms with Crippen molar-refractivity contribution < 1.29 is 65.4 Å². The summed E-state index contributed by atoms with van der Waals surface area (Å²) in [5.41, 5.74) is 1.69. The van der Waals surface area contributed by atoms with E-state index in [1.54, 1.807) is 0 Å². The quantitative estimate of drug-likeness (QED) is 0.420. The molecular formula is C26H40N10O2Y2-2. The molecular weight excluding hydrogens is 662 g/mol. The van der Waals surface area contributed by atoms with Gasteiger partial charge >= 0.3 is 0 Å². The number of H-pyrrole nitrogens is 2. The summed E-state index contributed by atoms with van der Waals surface area (Å²) in [5.74, 6) is 3.10. The number of aromatic amines is 2. The summed E-state index contributed by atoms with van der Waals surface area (Å²) in [6.45, 7) is 8.96. The maximum atomic E-state index is 12.2. The Hall–Kier alpha value is -0.912. The molecule has 4 aliphatic heterocycles. The van der Waals surface area contributed by atoms with Crippen molar-refractivity contribution in [3.8, 4) is 0 Å². The van der Waals surface area contributed by atoms with E-state index in [1.807, 2.05) is 23.9 Å². The number of nitrogens with zero attached hydrogens (tertiary/aromatic N) is 8. The average Bonchev–Trinajstić information content (AvgIpc) is 2.91. The van der Waals surface area contributed by atoms with Gasteiger partial charge in [0.05, 0.1) is 11.1 Å². The number of fused-ring (bicyclic) bond motifs is 2. The molecule has 214 valence electrons. The summed E-state index contributed by atoms with van der Waals surface area (Å²) < 4.78 is 0. The standard InChI is InChI=1S/2C13H20N5O.2Y/c2*1-16-6-8-18(9-7-16)13-14-11-10(12(19)15-13)4-3-5-17(11)2;;/h2*1,3-9H2,2H3,(H,14,15,19);;/q2*-1;;. The van der Waals surface area contributed by atoms with Gasteiger partial charge in [-0.3, -0.25) is 33.7 Å². The smallest absolute Gasteiger partial charge is 0.257 e. The van der Waals surface area contributed by atoms with Crippen LogP contribution >= 0.6 is 0 Å². The molecule has 2 aromatic heterocycles. The zero-order valence-electron chi connectivity index (χ0n) is 23.9. The van der Waals surface area contributed by atoms with Gasteiger partial charge in [-0.15, -0.1) is 0 Å². The van der Waals surface area contributed by atoms with Crippen molar-refractivity contribution in [2.24, 2.45) is 0 Å². The molecule has 2 fully saturated rings. The number of aromatic nitrogens is 4. The molecule has 14 heteroatoms. The van der Waals surface area contributed by atoms with Gasteiger partial charge in [-0.2, -0.15) is 9.97 Å². The van der Waals surface area contributed by atoms with E-state index in [2.05, 4.69) is 53.6 Å². The van der Waals surface area contributed by atoms with Gasteiger partial charge < -0.3 is 29.4 Å². The first-order chi connectivity index (χ1) is 18.3.